The zero-order valence-corrected chi connectivity index (χ0v) is 11.1. The number of hydrogen-bond acceptors (Lipinski definition) is 3. The molecule has 0 saturated carbocycles. The molecule has 1 unspecified atom stereocenters. The normalized spacial score (nSPS) is 14.0. The molecule has 0 heterocycles. The first-order valence-electron chi connectivity index (χ1n) is 5.44. The quantitative estimate of drug-likeness (QED) is 0.867. The Kier molecular flexibility index (Phi) is 4.77. The van der Waals surface area contributed by atoms with E-state index in [4.69, 9.17) is 5.11 Å². The van der Waals surface area contributed by atoms with Crippen molar-refractivity contribution in [2.45, 2.75) is 18.0 Å². The third kappa shape index (κ3) is 3.94. The Hall–Kier alpha value is -1.61. The lowest BCUT2D eigenvalue weighted by atomic mass is 10.2. The maximum Gasteiger partial charge on any atom is 0.417 e. The second-order valence-corrected chi connectivity index (χ2v) is 5.82. The van der Waals surface area contributed by atoms with Gasteiger partial charge in [0.15, 0.2) is 0 Å². The number of aliphatic carboxylic acids is 1. The summed E-state index contributed by atoms with van der Waals surface area (Å²) in [6.07, 6.45) is -4.82. The van der Waals surface area contributed by atoms with E-state index in [0.717, 1.165) is 18.2 Å². The van der Waals surface area contributed by atoms with Gasteiger partial charge in [-0.2, -0.15) is 13.2 Å². The number of hydrogen-bond donors (Lipinski definition) is 2. The molecule has 0 bridgehead atoms. The summed E-state index contributed by atoms with van der Waals surface area (Å²) in [6.45, 7) is 0.740. The van der Waals surface area contributed by atoms with Crippen molar-refractivity contribution in [3.63, 3.8) is 0 Å². The van der Waals surface area contributed by atoms with Crippen LogP contribution in [0.15, 0.2) is 29.2 Å². The number of carboxylic acid groups (broad SMARTS) is 1. The minimum Gasteiger partial charge on any atom is -0.481 e. The minimum atomic E-state index is -4.82. The second-order valence-electron chi connectivity index (χ2n) is 4.09. The van der Waals surface area contributed by atoms with Crippen LogP contribution in [0, 0.1) is 5.92 Å². The van der Waals surface area contributed by atoms with Gasteiger partial charge in [-0.15, -0.1) is 0 Å². The van der Waals surface area contributed by atoms with Crippen LogP contribution < -0.4 is 4.72 Å². The molecular formula is C11H12F3NO4S. The molecule has 2 N–H and O–H groups in total. The van der Waals surface area contributed by atoms with Crippen molar-refractivity contribution in [1.82, 2.24) is 4.72 Å². The van der Waals surface area contributed by atoms with Crippen LogP contribution >= 0.6 is 0 Å². The van der Waals surface area contributed by atoms with Gasteiger partial charge < -0.3 is 5.11 Å². The van der Waals surface area contributed by atoms with Crippen LogP contribution in [0.1, 0.15) is 12.5 Å². The maximum atomic E-state index is 12.7. The molecule has 5 nitrogen and oxygen atoms in total. The van der Waals surface area contributed by atoms with E-state index in [1.807, 2.05) is 4.72 Å². The maximum absolute atomic E-state index is 12.7. The SMILES string of the molecule is CC(CNS(=O)(=O)c1ccccc1C(F)(F)F)C(=O)O. The summed E-state index contributed by atoms with van der Waals surface area (Å²) >= 11 is 0. The number of benzene rings is 1. The van der Waals surface area contributed by atoms with Crippen molar-refractivity contribution in [2.24, 2.45) is 5.92 Å². The van der Waals surface area contributed by atoms with E-state index in [1.54, 1.807) is 0 Å². The van der Waals surface area contributed by atoms with E-state index >= 15 is 0 Å². The largest absolute Gasteiger partial charge is 0.481 e. The molecule has 0 saturated heterocycles. The van der Waals surface area contributed by atoms with Crippen LogP contribution in [0.25, 0.3) is 0 Å². The first-order chi connectivity index (χ1) is 9.05. The van der Waals surface area contributed by atoms with Crippen molar-refractivity contribution >= 4 is 16.0 Å². The number of carboxylic acids is 1. The fraction of sp³-hybridized carbons (Fsp3) is 0.364. The number of halogens is 3. The molecule has 112 valence electrons. The van der Waals surface area contributed by atoms with Gasteiger partial charge in [0.05, 0.1) is 16.4 Å². The summed E-state index contributed by atoms with van der Waals surface area (Å²) in [7, 11) is -4.44. The topological polar surface area (TPSA) is 83.5 Å². The average Bonchev–Trinajstić information content (AvgIpc) is 2.35. The smallest absolute Gasteiger partial charge is 0.417 e. The van der Waals surface area contributed by atoms with Crippen LogP contribution in [0.4, 0.5) is 13.2 Å². The molecule has 0 fully saturated rings. The Morgan fingerprint density at radius 2 is 1.90 bits per heavy atom. The predicted molar refractivity (Wildman–Crippen MR) is 63.4 cm³/mol. The van der Waals surface area contributed by atoms with E-state index in [-0.39, 0.29) is 0 Å². The van der Waals surface area contributed by atoms with Gasteiger partial charge in [0.2, 0.25) is 10.0 Å². The van der Waals surface area contributed by atoms with E-state index in [1.165, 1.54) is 6.92 Å². The fourth-order valence-electron chi connectivity index (χ4n) is 1.33. The summed E-state index contributed by atoms with van der Waals surface area (Å²) in [5.41, 5.74) is -1.30. The molecule has 0 aliphatic rings. The van der Waals surface area contributed by atoms with Gasteiger partial charge in [0.1, 0.15) is 0 Å². The number of rotatable bonds is 5. The third-order valence-electron chi connectivity index (χ3n) is 2.48. The van der Waals surface area contributed by atoms with Crippen molar-refractivity contribution in [2.75, 3.05) is 6.54 Å². The Morgan fingerprint density at radius 3 is 2.40 bits per heavy atom. The molecule has 0 aliphatic heterocycles. The predicted octanol–water partition coefficient (Wildman–Crippen LogP) is 1.70. The van der Waals surface area contributed by atoms with E-state index in [9.17, 15) is 26.4 Å². The van der Waals surface area contributed by atoms with Crippen molar-refractivity contribution in [3.8, 4) is 0 Å². The molecule has 0 aromatic heterocycles. The molecular weight excluding hydrogens is 299 g/mol. The first-order valence-corrected chi connectivity index (χ1v) is 6.92. The summed E-state index contributed by atoms with van der Waals surface area (Å²) in [6, 6.07) is 3.69. The van der Waals surface area contributed by atoms with Gasteiger partial charge in [-0.25, -0.2) is 13.1 Å². The summed E-state index contributed by atoms with van der Waals surface area (Å²) in [5.74, 6) is -2.31. The standard InChI is InChI=1S/C11H12F3NO4S/c1-7(10(16)17)6-15-20(18,19)9-5-3-2-4-8(9)11(12,13)14/h2-5,7,15H,6H2,1H3,(H,16,17). The number of sulfonamides is 1. The van der Waals surface area contributed by atoms with E-state index in [0.29, 0.717) is 6.07 Å². The molecule has 0 aliphatic carbocycles. The Bertz CT molecular complexity index is 598. The highest BCUT2D eigenvalue weighted by atomic mass is 32.2. The third-order valence-corrected chi connectivity index (χ3v) is 3.96. The highest BCUT2D eigenvalue weighted by molar-refractivity contribution is 7.89. The summed E-state index contributed by atoms with van der Waals surface area (Å²) in [5, 5.41) is 8.62. The molecule has 1 atom stereocenters. The van der Waals surface area contributed by atoms with E-state index < -0.39 is 45.1 Å². The number of carbonyl (C=O) groups is 1. The molecule has 0 amide bonds. The lowest BCUT2D eigenvalue weighted by molar-refractivity contribution is -0.141. The van der Waals surface area contributed by atoms with Crippen LogP contribution in [0.5, 0.6) is 0 Å². The fourth-order valence-corrected chi connectivity index (χ4v) is 2.69. The van der Waals surface area contributed by atoms with Crippen LogP contribution in [-0.2, 0) is 21.0 Å². The lowest BCUT2D eigenvalue weighted by Gasteiger charge is -2.14. The molecule has 20 heavy (non-hydrogen) atoms. The van der Waals surface area contributed by atoms with Crippen molar-refractivity contribution in [3.05, 3.63) is 29.8 Å². The molecule has 9 heteroatoms. The Labute approximate surface area is 113 Å². The first kappa shape index (κ1) is 16.4. The average molecular weight is 311 g/mol. The Balaban J connectivity index is 3.08. The van der Waals surface area contributed by atoms with E-state index in [2.05, 4.69) is 0 Å². The van der Waals surface area contributed by atoms with Crippen LogP contribution in [0.3, 0.4) is 0 Å². The monoisotopic (exact) mass is 311 g/mol. The Morgan fingerprint density at radius 1 is 1.35 bits per heavy atom. The summed E-state index contributed by atoms with van der Waals surface area (Å²) in [4.78, 5) is 9.64. The highest BCUT2D eigenvalue weighted by Gasteiger charge is 2.36. The van der Waals surface area contributed by atoms with Gasteiger partial charge >= 0.3 is 12.1 Å². The molecule has 1 rings (SSSR count). The molecule has 1 aromatic carbocycles. The van der Waals surface area contributed by atoms with Gasteiger partial charge in [0.25, 0.3) is 0 Å². The molecule has 0 radical (unpaired) electrons. The number of nitrogens with one attached hydrogen (secondary N) is 1. The van der Waals surface area contributed by atoms with Crippen molar-refractivity contribution < 1.29 is 31.5 Å². The van der Waals surface area contributed by atoms with Gasteiger partial charge in [-0.3, -0.25) is 4.79 Å². The van der Waals surface area contributed by atoms with Gasteiger partial charge in [0, 0.05) is 6.54 Å². The van der Waals surface area contributed by atoms with Gasteiger partial charge in [-0.05, 0) is 12.1 Å². The number of alkyl halides is 3. The zero-order chi connectivity index (χ0) is 15.6. The molecule has 0 spiro atoms. The zero-order valence-electron chi connectivity index (χ0n) is 10.3. The lowest BCUT2D eigenvalue weighted by Crippen LogP contribution is -2.32. The van der Waals surface area contributed by atoms with Crippen LogP contribution in [-0.4, -0.2) is 26.0 Å². The minimum absolute atomic E-state index is 0.496. The summed E-state index contributed by atoms with van der Waals surface area (Å²) < 4.78 is 63.7. The van der Waals surface area contributed by atoms with Crippen LogP contribution in [0.2, 0.25) is 0 Å². The van der Waals surface area contributed by atoms with Gasteiger partial charge in [-0.1, -0.05) is 19.1 Å². The second kappa shape index (κ2) is 5.80. The van der Waals surface area contributed by atoms with Crippen molar-refractivity contribution in [1.29, 1.82) is 0 Å². The highest BCUT2D eigenvalue weighted by Crippen LogP contribution is 2.33. The molecule has 1 aromatic rings.